The molecule has 1 aliphatic rings. The lowest BCUT2D eigenvalue weighted by atomic mass is 10.1. The molecule has 98 valence electrons. The summed E-state index contributed by atoms with van der Waals surface area (Å²) in [6, 6.07) is 11.3. The first-order valence-corrected chi connectivity index (χ1v) is 7.08. The normalized spacial score (nSPS) is 16.1. The Morgan fingerprint density at radius 2 is 2.11 bits per heavy atom. The van der Waals surface area contributed by atoms with Crippen molar-refractivity contribution in [2.75, 3.05) is 0 Å². The molecule has 1 atom stereocenters. The molecule has 3 rings (SSSR count). The van der Waals surface area contributed by atoms with Crippen LogP contribution in [0.1, 0.15) is 30.2 Å². The quantitative estimate of drug-likeness (QED) is 0.938. The fourth-order valence-corrected chi connectivity index (χ4v) is 2.09. The third-order valence-corrected chi connectivity index (χ3v) is 3.50. The molecule has 0 amide bonds. The summed E-state index contributed by atoms with van der Waals surface area (Å²) in [5, 5.41) is 10.3. The number of halogens is 1. The molecule has 4 heteroatoms. The Kier molecular flexibility index (Phi) is 3.53. The van der Waals surface area contributed by atoms with Gasteiger partial charge in [0.25, 0.3) is 0 Å². The van der Waals surface area contributed by atoms with Gasteiger partial charge in [-0.05, 0) is 58.6 Å². The number of aliphatic hydroxyl groups excluding tert-OH is 1. The van der Waals surface area contributed by atoms with Gasteiger partial charge >= 0.3 is 0 Å². The summed E-state index contributed by atoms with van der Waals surface area (Å²) >= 11 is 3.33. The van der Waals surface area contributed by atoms with Gasteiger partial charge in [0.1, 0.15) is 11.9 Å². The van der Waals surface area contributed by atoms with Gasteiger partial charge in [-0.1, -0.05) is 12.1 Å². The van der Waals surface area contributed by atoms with Crippen molar-refractivity contribution in [1.29, 1.82) is 0 Å². The lowest BCUT2D eigenvalue weighted by molar-refractivity contribution is 0.214. The Hall–Kier alpha value is -1.39. The average molecular weight is 320 g/mol. The molecule has 1 fully saturated rings. The van der Waals surface area contributed by atoms with Crippen LogP contribution in [0.2, 0.25) is 0 Å². The number of rotatable bonds is 4. The van der Waals surface area contributed by atoms with E-state index in [4.69, 9.17) is 4.74 Å². The largest absolute Gasteiger partial charge is 0.490 e. The van der Waals surface area contributed by atoms with Crippen LogP contribution in [0.4, 0.5) is 0 Å². The van der Waals surface area contributed by atoms with Crippen molar-refractivity contribution in [1.82, 2.24) is 4.98 Å². The van der Waals surface area contributed by atoms with Crippen LogP contribution in [0.5, 0.6) is 5.75 Å². The van der Waals surface area contributed by atoms with Crippen molar-refractivity contribution >= 4 is 15.9 Å². The summed E-state index contributed by atoms with van der Waals surface area (Å²) in [5.41, 5.74) is 1.43. The van der Waals surface area contributed by atoms with Gasteiger partial charge in [0.15, 0.2) is 0 Å². The number of aliphatic hydroxyl groups is 1. The molecule has 19 heavy (non-hydrogen) atoms. The van der Waals surface area contributed by atoms with E-state index in [-0.39, 0.29) is 0 Å². The molecular formula is C15H14BrNO2. The highest BCUT2D eigenvalue weighted by atomic mass is 79.9. The number of benzene rings is 1. The predicted octanol–water partition coefficient (Wildman–Crippen LogP) is 3.47. The monoisotopic (exact) mass is 319 g/mol. The van der Waals surface area contributed by atoms with Crippen LogP contribution in [-0.2, 0) is 0 Å². The molecule has 0 radical (unpaired) electrons. The summed E-state index contributed by atoms with van der Waals surface area (Å²) in [4.78, 5) is 4.22. The highest BCUT2D eigenvalue weighted by molar-refractivity contribution is 9.10. The van der Waals surface area contributed by atoms with Crippen LogP contribution in [0.15, 0.2) is 47.1 Å². The van der Waals surface area contributed by atoms with Gasteiger partial charge in [-0.15, -0.1) is 0 Å². The van der Waals surface area contributed by atoms with Crippen molar-refractivity contribution in [3.63, 3.8) is 0 Å². The second-order valence-corrected chi connectivity index (χ2v) is 5.61. The average Bonchev–Trinajstić information content (AvgIpc) is 3.23. The molecule has 2 aromatic rings. The van der Waals surface area contributed by atoms with Crippen LogP contribution in [-0.4, -0.2) is 16.2 Å². The number of hydrogen-bond acceptors (Lipinski definition) is 3. The molecule has 0 spiro atoms. The molecule has 1 aliphatic carbocycles. The van der Waals surface area contributed by atoms with Crippen LogP contribution in [0.3, 0.4) is 0 Å². The number of nitrogens with zero attached hydrogens (tertiary/aromatic N) is 1. The predicted molar refractivity (Wildman–Crippen MR) is 76.1 cm³/mol. The SMILES string of the molecule is OC(c1cccc(OC2CC2)c1)c1ccc(Br)cn1. The maximum atomic E-state index is 10.3. The molecule has 0 bridgehead atoms. The minimum Gasteiger partial charge on any atom is -0.490 e. The fourth-order valence-electron chi connectivity index (χ4n) is 1.86. The standard InChI is InChI=1S/C15H14BrNO2/c16-11-4-7-14(17-9-11)15(18)10-2-1-3-13(8-10)19-12-5-6-12/h1-4,7-9,12,15,18H,5-6H2. The van der Waals surface area contributed by atoms with E-state index in [0.717, 1.165) is 28.6 Å². The zero-order valence-corrected chi connectivity index (χ0v) is 11.9. The van der Waals surface area contributed by atoms with Gasteiger partial charge in [-0.25, -0.2) is 0 Å². The summed E-state index contributed by atoms with van der Waals surface area (Å²) in [6.07, 6.45) is 3.57. The highest BCUT2D eigenvalue weighted by Gasteiger charge is 2.23. The van der Waals surface area contributed by atoms with E-state index in [9.17, 15) is 5.11 Å². The van der Waals surface area contributed by atoms with Crippen molar-refractivity contribution in [2.24, 2.45) is 0 Å². The second-order valence-electron chi connectivity index (χ2n) is 4.69. The Morgan fingerprint density at radius 3 is 2.79 bits per heavy atom. The zero-order chi connectivity index (χ0) is 13.2. The van der Waals surface area contributed by atoms with Crippen molar-refractivity contribution in [2.45, 2.75) is 25.0 Å². The molecule has 1 N–H and O–H groups in total. The van der Waals surface area contributed by atoms with Crippen LogP contribution in [0.25, 0.3) is 0 Å². The molecule has 1 heterocycles. The summed E-state index contributed by atoms with van der Waals surface area (Å²) in [5.74, 6) is 0.816. The maximum absolute atomic E-state index is 10.3. The van der Waals surface area contributed by atoms with E-state index in [0.29, 0.717) is 11.8 Å². The van der Waals surface area contributed by atoms with Crippen LogP contribution in [0, 0.1) is 0 Å². The Balaban J connectivity index is 1.81. The maximum Gasteiger partial charge on any atom is 0.121 e. The fraction of sp³-hybridized carbons (Fsp3) is 0.267. The van der Waals surface area contributed by atoms with E-state index < -0.39 is 6.10 Å². The topological polar surface area (TPSA) is 42.4 Å². The molecule has 0 saturated heterocycles. The van der Waals surface area contributed by atoms with E-state index in [1.165, 1.54) is 0 Å². The molecular weight excluding hydrogens is 306 g/mol. The van der Waals surface area contributed by atoms with Crippen molar-refractivity contribution in [3.05, 3.63) is 58.3 Å². The minimum absolute atomic E-state index is 0.359. The van der Waals surface area contributed by atoms with Gasteiger partial charge in [0, 0.05) is 10.7 Å². The Labute approximate surface area is 120 Å². The van der Waals surface area contributed by atoms with Crippen LogP contribution >= 0.6 is 15.9 Å². The van der Waals surface area contributed by atoms with Gasteiger partial charge in [-0.3, -0.25) is 4.98 Å². The van der Waals surface area contributed by atoms with E-state index >= 15 is 0 Å². The number of ether oxygens (including phenoxy) is 1. The molecule has 1 aromatic heterocycles. The summed E-state index contributed by atoms with van der Waals surface area (Å²) in [7, 11) is 0. The first-order chi connectivity index (χ1) is 9.22. The van der Waals surface area contributed by atoms with Gasteiger partial charge in [-0.2, -0.15) is 0 Å². The summed E-state index contributed by atoms with van der Waals surface area (Å²) in [6.45, 7) is 0. The molecule has 1 saturated carbocycles. The van der Waals surface area contributed by atoms with E-state index in [1.54, 1.807) is 6.20 Å². The van der Waals surface area contributed by atoms with E-state index in [2.05, 4.69) is 20.9 Å². The number of pyridine rings is 1. The second kappa shape index (κ2) is 5.31. The highest BCUT2D eigenvalue weighted by Crippen LogP contribution is 2.29. The van der Waals surface area contributed by atoms with Gasteiger partial charge in [0.05, 0.1) is 11.8 Å². The lowest BCUT2D eigenvalue weighted by Gasteiger charge is -2.12. The first kappa shape index (κ1) is 12.6. The number of aromatic nitrogens is 1. The lowest BCUT2D eigenvalue weighted by Crippen LogP contribution is -2.03. The third-order valence-electron chi connectivity index (χ3n) is 3.03. The minimum atomic E-state index is -0.726. The third kappa shape index (κ3) is 3.14. The van der Waals surface area contributed by atoms with Crippen LogP contribution < -0.4 is 4.74 Å². The Morgan fingerprint density at radius 1 is 1.26 bits per heavy atom. The Bertz CT molecular complexity index is 567. The number of hydrogen-bond donors (Lipinski definition) is 1. The van der Waals surface area contributed by atoms with Gasteiger partial charge < -0.3 is 9.84 Å². The molecule has 3 nitrogen and oxygen atoms in total. The smallest absolute Gasteiger partial charge is 0.121 e. The van der Waals surface area contributed by atoms with Gasteiger partial charge in [0.2, 0.25) is 0 Å². The molecule has 0 aliphatic heterocycles. The molecule has 1 unspecified atom stereocenters. The summed E-state index contributed by atoms with van der Waals surface area (Å²) < 4.78 is 6.63. The molecule has 1 aromatic carbocycles. The first-order valence-electron chi connectivity index (χ1n) is 6.28. The zero-order valence-electron chi connectivity index (χ0n) is 10.3. The van der Waals surface area contributed by atoms with Crippen molar-refractivity contribution in [3.8, 4) is 5.75 Å². The van der Waals surface area contributed by atoms with E-state index in [1.807, 2.05) is 36.4 Å². The van der Waals surface area contributed by atoms with Crippen molar-refractivity contribution < 1.29 is 9.84 Å².